The number of hydrogen-bond acceptors (Lipinski definition) is 6. The zero-order chi connectivity index (χ0) is 23.3. The molecule has 0 bridgehead atoms. The third-order valence-electron chi connectivity index (χ3n) is 4.40. The Hall–Kier alpha value is -2.11. The largest absolute Gasteiger partial charge is 0.459 e. The van der Waals surface area contributed by atoms with Gasteiger partial charge in [0.1, 0.15) is 17.5 Å². The van der Waals surface area contributed by atoms with E-state index in [9.17, 15) is 27.7 Å². The molecule has 2 atom stereocenters. The van der Waals surface area contributed by atoms with Crippen LogP contribution in [0.5, 0.6) is 0 Å². The normalized spacial score (nSPS) is 14.4. The molecule has 0 fully saturated rings. The molecule has 0 radical (unpaired) electrons. The predicted octanol–water partition coefficient (Wildman–Crippen LogP) is 3.15. The van der Waals surface area contributed by atoms with Gasteiger partial charge < -0.3 is 4.74 Å². The molecule has 1 rings (SSSR count). The van der Waals surface area contributed by atoms with Crippen LogP contribution in [0.3, 0.4) is 0 Å². The van der Waals surface area contributed by atoms with E-state index in [2.05, 4.69) is 4.72 Å². The summed E-state index contributed by atoms with van der Waals surface area (Å²) in [6.07, 6.45) is 0.782. The molecular formula is C19H30FN3O6S. The number of nitrogens with two attached hydrogens (primary N) is 1. The average Bonchev–Trinajstić information content (AvgIpc) is 2.55. The zero-order valence-electron chi connectivity index (χ0n) is 17.8. The van der Waals surface area contributed by atoms with Crippen LogP contribution in [0.15, 0.2) is 18.2 Å². The molecule has 30 heavy (non-hydrogen) atoms. The fraction of sp³-hybridized carbons (Fsp3) is 0.632. The first-order chi connectivity index (χ1) is 13.6. The van der Waals surface area contributed by atoms with E-state index in [0.29, 0.717) is 12.8 Å². The van der Waals surface area contributed by atoms with Gasteiger partial charge in [-0.05, 0) is 57.1 Å². The molecule has 0 aliphatic rings. The van der Waals surface area contributed by atoms with E-state index in [1.165, 1.54) is 6.07 Å². The highest BCUT2D eigenvalue weighted by Crippen LogP contribution is 2.34. The summed E-state index contributed by atoms with van der Waals surface area (Å²) < 4.78 is 44.5. The standard InChI is InChI=1S/C19H30FN3O6S/c1-12(2)14(15-11-13(23(25)26)9-10-16(15)20)7-6-8-17(22-30(21,27)28)18(24)29-19(3,4)5/h9-12,14,17,22H,6-8H2,1-5H3,(H2,21,27,28)/t14-,17+/m1/s1. The van der Waals surface area contributed by atoms with Gasteiger partial charge in [-0.3, -0.25) is 14.9 Å². The van der Waals surface area contributed by atoms with Crippen molar-refractivity contribution in [3.8, 4) is 0 Å². The summed E-state index contributed by atoms with van der Waals surface area (Å²) in [5.74, 6) is -1.73. The molecular weight excluding hydrogens is 417 g/mol. The lowest BCUT2D eigenvalue weighted by Gasteiger charge is -2.25. The van der Waals surface area contributed by atoms with E-state index in [-0.39, 0.29) is 29.5 Å². The van der Waals surface area contributed by atoms with Crippen molar-refractivity contribution >= 4 is 21.9 Å². The second kappa shape index (κ2) is 10.3. The maximum atomic E-state index is 14.4. The Morgan fingerprint density at radius 3 is 2.37 bits per heavy atom. The summed E-state index contributed by atoms with van der Waals surface area (Å²) in [6, 6.07) is 2.19. The number of non-ortho nitro benzene ring substituents is 1. The molecule has 9 nitrogen and oxygen atoms in total. The van der Waals surface area contributed by atoms with Gasteiger partial charge in [0.05, 0.1) is 4.92 Å². The molecule has 0 amide bonds. The Kier molecular flexibility index (Phi) is 8.88. The summed E-state index contributed by atoms with van der Waals surface area (Å²) in [7, 11) is -4.15. The van der Waals surface area contributed by atoms with Crippen LogP contribution in [-0.2, 0) is 19.7 Å². The van der Waals surface area contributed by atoms with Crippen molar-refractivity contribution in [3.05, 3.63) is 39.7 Å². The lowest BCUT2D eigenvalue weighted by molar-refractivity contribution is -0.385. The van der Waals surface area contributed by atoms with Gasteiger partial charge in [-0.1, -0.05) is 20.3 Å². The molecule has 0 aliphatic heterocycles. The molecule has 0 aromatic heterocycles. The minimum absolute atomic E-state index is 0.0484. The van der Waals surface area contributed by atoms with Crippen molar-refractivity contribution in [2.75, 3.05) is 0 Å². The summed E-state index contributed by atoms with van der Waals surface area (Å²) in [5.41, 5.74) is -0.811. The van der Waals surface area contributed by atoms with Gasteiger partial charge in [0.15, 0.2) is 0 Å². The highest BCUT2D eigenvalue weighted by Gasteiger charge is 2.29. The summed E-state index contributed by atoms with van der Waals surface area (Å²) in [5, 5.41) is 16.1. The number of nitrogens with zero attached hydrogens (tertiary/aromatic N) is 1. The SMILES string of the molecule is CC(C)[C@@H](CCC[C@H](NS(N)(=O)=O)C(=O)OC(C)(C)C)c1cc([N+](=O)[O-])ccc1F. The summed E-state index contributed by atoms with van der Waals surface area (Å²) in [6.45, 7) is 8.67. The van der Waals surface area contributed by atoms with Gasteiger partial charge in [-0.15, -0.1) is 0 Å². The number of carbonyl (C=O) groups is 1. The Balaban J connectivity index is 2.99. The van der Waals surface area contributed by atoms with Crippen molar-refractivity contribution in [3.63, 3.8) is 0 Å². The molecule has 0 heterocycles. The molecule has 0 saturated carbocycles. The molecule has 0 spiro atoms. The van der Waals surface area contributed by atoms with E-state index >= 15 is 0 Å². The van der Waals surface area contributed by atoms with Crippen molar-refractivity contribution in [1.82, 2.24) is 4.72 Å². The van der Waals surface area contributed by atoms with Crippen LogP contribution in [-0.4, -0.2) is 31.0 Å². The molecule has 3 N–H and O–H groups in total. The van der Waals surface area contributed by atoms with Crippen LogP contribution in [0, 0.1) is 21.8 Å². The fourth-order valence-electron chi connectivity index (χ4n) is 3.11. The number of nitro benzene ring substituents is 1. The number of rotatable bonds is 10. The van der Waals surface area contributed by atoms with Crippen molar-refractivity contribution in [2.45, 2.75) is 71.4 Å². The number of benzene rings is 1. The minimum atomic E-state index is -4.15. The Bertz CT molecular complexity index is 868. The van der Waals surface area contributed by atoms with Crippen LogP contribution >= 0.6 is 0 Å². The van der Waals surface area contributed by atoms with Crippen LogP contribution in [0.2, 0.25) is 0 Å². The second-order valence-electron chi connectivity index (χ2n) is 8.49. The number of hydrogen-bond donors (Lipinski definition) is 2. The van der Waals surface area contributed by atoms with Crippen molar-refractivity contribution in [2.24, 2.45) is 11.1 Å². The number of halogens is 1. The summed E-state index contributed by atoms with van der Waals surface area (Å²) in [4.78, 5) is 22.8. The maximum Gasteiger partial charge on any atom is 0.324 e. The van der Waals surface area contributed by atoms with Crippen LogP contribution < -0.4 is 9.86 Å². The Labute approximate surface area is 176 Å². The fourth-order valence-corrected chi connectivity index (χ4v) is 3.73. The third kappa shape index (κ3) is 8.72. The highest BCUT2D eigenvalue weighted by atomic mass is 32.2. The highest BCUT2D eigenvalue weighted by molar-refractivity contribution is 7.87. The number of carbonyl (C=O) groups excluding carboxylic acids is 1. The first-order valence-corrected chi connectivity index (χ1v) is 11.1. The van der Waals surface area contributed by atoms with E-state index in [1.807, 2.05) is 13.8 Å². The molecule has 1 aromatic carbocycles. The lowest BCUT2D eigenvalue weighted by Crippen LogP contribution is -2.46. The maximum absolute atomic E-state index is 14.4. The number of nitrogens with one attached hydrogen (secondary N) is 1. The number of esters is 1. The minimum Gasteiger partial charge on any atom is -0.459 e. The van der Waals surface area contributed by atoms with Crippen molar-refractivity contribution in [1.29, 1.82) is 0 Å². The monoisotopic (exact) mass is 447 g/mol. The van der Waals surface area contributed by atoms with Gasteiger partial charge in [-0.25, -0.2) is 9.53 Å². The van der Waals surface area contributed by atoms with Gasteiger partial charge in [0.25, 0.3) is 15.9 Å². The Morgan fingerprint density at radius 1 is 1.30 bits per heavy atom. The summed E-state index contributed by atoms with van der Waals surface area (Å²) >= 11 is 0. The van der Waals surface area contributed by atoms with Crippen LogP contribution in [0.25, 0.3) is 0 Å². The second-order valence-corrected chi connectivity index (χ2v) is 9.82. The quantitative estimate of drug-likeness (QED) is 0.320. The third-order valence-corrected chi connectivity index (χ3v) is 5.01. The molecule has 170 valence electrons. The first kappa shape index (κ1) is 25.9. The van der Waals surface area contributed by atoms with Gasteiger partial charge in [0.2, 0.25) is 0 Å². The molecule has 0 unspecified atom stereocenters. The molecule has 0 aliphatic carbocycles. The van der Waals surface area contributed by atoms with Gasteiger partial charge in [-0.2, -0.15) is 13.1 Å². The van der Waals surface area contributed by atoms with Gasteiger partial charge in [0, 0.05) is 12.1 Å². The van der Waals surface area contributed by atoms with Gasteiger partial charge >= 0.3 is 5.97 Å². The first-order valence-electron chi connectivity index (χ1n) is 9.57. The van der Waals surface area contributed by atoms with E-state index in [0.717, 1.165) is 12.1 Å². The zero-order valence-corrected chi connectivity index (χ0v) is 18.7. The Morgan fingerprint density at radius 2 is 1.90 bits per heavy atom. The van der Waals surface area contributed by atoms with E-state index < -0.39 is 38.6 Å². The topological polar surface area (TPSA) is 142 Å². The van der Waals surface area contributed by atoms with E-state index in [4.69, 9.17) is 9.88 Å². The van der Waals surface area contributed by atoms with E-state index in [1.54, 1.807) is 20.8 Å². The van der Waals surface area contributed by atoms with Crippen LogP contribution in [0.1, 0.15) is 65.4 Å². The van der Waals surface area contributed by atoms with Crippen molar-refractivity contribution < 1.29 is 27.3 Å². The lowest BCUT2D eigenvalue weighted by atomic mass is 9.83. The number of ether oxygens (including phenoxy) is 1. The molecule has 0 saturated heterocycles. The molecule has 11 heteroatoms. The smallest absolute Gasteiger partial charge is 0.324 e. The number of nitro groups is 1. The van der Waals surface area contributed by atoms with Crippen LogP contribution in [0.4, 0.5) is 10.1 Å². The molecule has 1 aromatic rings. The predicted molar refractivity (Wildman–Crippen MR) is 110 cm³/mol. The average molecular weight is 448 g/mol.